The van der Waals surface area contributed by atoms with E-state index in [0.29, 0.717) is 28.3 Å². The summed E-state index contributed by atoms with van der Waals surface area (Å²) in [5.41, 5.74) is 1.32. The Bertz CT molecular complexity index is 673. The zero-order chi connectivity index (χ0) is 16.1. The van der Waals surface area contributed by atoms with Crippen LogP contribution in [0.25, 0.3) is 11.0 Å². The van der Waals surface area contributed by atoms with Gasteiger partial charge in [-0.15, -0.1) is 0 Å². The quantitative estimate of drug-likeness (QED) is 0.266. The molecule has 122 valence electrons. The Morgan fingerprint density at radius 3 is 2.86 bits per heavy atom. The monoisotopic (exact) mass is 344 g/mol. The molecule has 5 N–H and O–H groups in total. The molecule has 2 unspecified atom stereocenters. The van der Waals surface area contributed by atoms with Crippen LogP contribution in [-0.2, 0) is 0 Å². The number of nitrogens with one attached hydrogen (secondary N) is 3. The summed E-state index contributed by atoms with van der Waals surface area (Å²) < 4.78 is 0. The molecule has 2 heterocycles. The molecule has 0 aromatic carbocycles. The van der Waals surface area contributed by atoms with Crippen LogP contribution in [0.5, 0.6) is 0 Å². The zero-order valence-electron chi connectivity index (χ0n) is 12.4. The summed E-state index contributed by atoms with van der Waals surface area (Å²) in [5.74, 6) is 0.876. The van der Waals surface area contributed by atoms with Crippen LogP contribution in [0.1, 0.15) is 11.6 Å². The maximum absolute atomic E-state index is 12.0. The second-order valence-electron chi connectivity index (χ2n) is 4.72. The molecule has 0 saturated heterocycles. The molecule has 9 heteroatoms. The zero-order valence-corrected chi connectivity index (χ0v) is 14.1. The molecule has 22 heavy (non-hydrogen) atoms. The first-order chi connectivity index (χ1) is 10.6. The summed E-state index contributed by atoms with van der Waals surface area (Å²) in [4.78, 5) is 22.0. The second-order valence-corrected chi connectivity index (χ2v) is 6.50. The van der Waals surface area contributed by atoms with E-state index in [1.165, 1.54) is 11.8 Å². The molecule has 0 amide bonds. The Hall–Kier alpha value is -1.00. The molecule has 2 aromatic rings. The fourth-order valence-corrected chi connectivity index (χ4v) is 2.92. The number of fused-ring (bicyclic) bond motifs is 1. The van der Waals surface area contributed by atoms with E-state index in [9.17, 15) is 15.0 Å². The number of hydrogen-bond donors (Lipinski definition) is 5. The third kappa shape index (κ3) is 3.66. The number of nitrogens with zero attached hydrogens (tertiary/aromatic N) is 1. The highest BCUT2D eigenvalue weighted by molar-refractivity contribution is 7.98. The predicted octanol–water partition coefficient (Wildman–Crippen LogP) is 0.320. The topological polar surface area (TPSA) is 114 Å². The lowest BCUT2D eigenvalue weighted by Crippen LogP contribution is -2.35. The minimum atomic E-state index is -0.973. The summed E-state index contributed by atoms with van der Waals surface area (Å²) in [6.07, 6.45) is 4.51. The van der Waals surface area contributed by atoms with Crippen LogP contribution in [0.3, 0.4) is 0 Å². The van der Waals surface area contributed by atoms with Crippen LogP contribution in [-0.4, -0.2) is 62.7 Å². The van der Waals surface area contributed by atoms with Crippen LogP contribution in [0.2, 0.25) is 0 Å². The fraction of sp³-hybridized carbons (Fsp3) is 0.538. The van der Waals surface area contributed by atoms with Crippen molar-refractivity contribution in [2.24, 2.45) is 0 Å². The number of H-pyrrole nitrogens is 2. The van der Waals surface area contributed by atoms with Crippen LogP contribution < -0.4 is 10.9 Å². The number of thioether (sulfide) groups is 2. The van der Waals surface area contributed by atoms with E-state index < -0.39 is 12.1 Å². The van der Waals surface area contributed by atoms with Crippen molar-refractivity contribution in [2.45, 2.75) is 17.3 Å². The van der Waals surface area contributed by atoms with E-state index in [1.54, 1.807) is 18.0 Å². The molecule has 0 saturated carbocycles. The van der Waals surface area contributed by atoms with Crippen molar-refractivity contribution in [3.8, 4) is 0 Å². The lowest BCUT2D eigenvalue weighted by Gasteiger charge is -2.22. The average Bonchev–Trinajstić information content (AvgIpc) is 2.95. The lowest BCUT2D eigenvalue weighted by molar-refractivity contribution is 0.0635. The van der Waals surface area contributed by atoms with Gasteiger partial charge in [0.05, 0.1) is 18.8 Å². The number of aromatic amines is 2. The third-order valence-electron chi connectivity index (χ3n) is 3.31. The van der Waals surface area contributed by atoms with Gasteiger partial charge < -0.3 is 20.5 Å². The van der Waals surface area contributed by atoms with Gasteiger partial charge in [0.2, 0.25) is 0 Å². The van der Waals surface area contributed by atoms with E-state index in [2.05, 4.69) is 20.3 Å². The van der Waals surface area contributed by atoms with Crippen LogP contribution in [0.15, 0.2) is 16.1 Å². The van der Waals surface area contributed by atoms with Gasteiger partial charge in [0.25, 0.3) is 5.56 Å². The van der Waals surface area contributed by atoms with Gasteiger partial charge in [0.15, 0.2) is 5.16 Å². The molecule has 0 spiro atoms. The van der Waals surface area contributed by atoms with Crippen LogP contribution in [0, 0.1) is 0 Å². The Kier molecular flexibility index (Phi) is 6.33. The maximum atomic E-state index is 12.0. The van der Waals surface area contributed by atoms with Gasteiger partial charge in [-0.3, -0.25) is 9.78 Å². The first-order valence-corrected chi connectivity index (χ1v) is 9.40. The first kappa shape index (κ1) is 17.4. The normalized spacial score (nSPS) is 14.4. The number of rotatable bonds is 8. The van der Waals surface area contributed by atoms with Crippen molar-refractivity contribution in [1.82, 2.24) is 20.3 Å². The molecule has 0 fully saturated rings. The summed E-state index contributed by atoms with van der Waals surface area (Å²) >= 11 is 3.02. The standard InChI is InChI=1S/C13H20N4O3S2/c1-21-4-3-14-9(8(19)6-18)7-5-15-11-10(7)16-13(22-2)17-12(11)20/h5,8-9,14-15,18-19H,3-4,6H2,1-2H3,(H,16,17,20). The van der Waals surface area contributed by atoms with E-state index in [4.69, 9.17) is 0 Å². The van der Waals surface area contributed by atoms with Crippen LogP contribution >= 0.6 is 23.5 Å². The van der Waals surface area contributed by atoms with Crippen molar-refractivity contribution in [3.05, 3.63) is 22.1 Å². The first-order valence-electron chi connectivity index (χ1n) is 6.78. The van der Waals surface area contributed by atoms with Crippen molar-refractivity contribution < 1.29 is 10.2 Å². The predicted molar refractivity (Wildman–Crippen MR) is 90.7 cm³/mol. The van der Waals surface area contributed by atoms with Gasteiger partial charge in [0.1, 0.15) is 11.0 Å². The minimum Gasteiger partial charge on any atom is -0.394 e. The Morgan fingerprint density at radius 2 is 2.23 bits per heavy atom. The van der Waals surface area contributed by atoms with Crippen LogP contribution in [0.4, 0.5) is 0 Å². The van der Waals surface area contributed by atoms with Gasteiger partial charge >= 0.3 is 0 Å². The third-order valence-corrected chi connectivity index (χ3v) is 4.51. The molecule has 2 atom stereocenters. The van der Waals surface area contributed by atoms with E-state index in [-0.39, 0.29) is 12.2 Å². The molecule has 0 bridgehead atoms. The molecule has 0 radical (unpaired) electrons. The smallest absolute Gasteiger partial charge is 0.275 e. The second kappa shape index (κ2) is 8.02. The molecule has 7 nitrogen and oxygen atoms in total. The fourth-order valence-electron chi connectivity index (χ4n) is 2.22. The highest BCUT2D eigenvalue weighted by Crippen LogP contribution is 2.24. The van der Waals surface area contributed by atoms with Crippen molar-refractivity contribution in [1.29, 1.82) is 0 Å². The molecular formula is C13H20N4O3S2. The summed E-state index contributed by atoms with van der Waals surface area (Å²) in [6, 6.07) is -0.491. The highest BCUT2D eigenvalue weighted by Gasteiger charge is 2.24. The van der Waals surface area contributed by atoms with Gasteiger partial charge in [-0.25, -0.2) is 4.98 Å². The summed E-state index contributed by atoms with van der Waals surface area (Å²) in [6.45, 7) is 0.302. The number of hydrogen-bond acceptors (Lipinski definition) is 7. The number of aliphatic hydroxyl groups is 2. The van der Waals surface area contributed by atoms with E-state index in [0.717, 1.165) is 5.75 Å². The minimum absolute atomic E-state index is 0.248. The number of aliphatic hydroxyl groups excluding tert-OH is 2. The van der Waals surface area contributed by atoms with Gasteiger partial charge in [-0.2, -0.15) is 11.8 Å². The Morgan fingerprint density at radius 1 is 1.45 bits per heavy atom. The Labute approximate surface area is 136 Å². The lowest BCUT2D eigenvalue weighted by atomic mass is 10.0. The molecule has 2 aromatic heterocycles. The summed E-state index contributed by atoms with van der Waals surface area (Å²) in [7, 11) is 0. The SMILES string of the molecule is CSCCNC(c1c[nH]c2c(=O)[nH]c(SC)nc12)C(O)CO. The number of aromatic nitrogens is 3. The largest absolute Gasteiger partial charge is 0.394 e. The maximum Gasteiger partial charge on any atom is 0.275 e. The molecule has 0 aliphatic rings. The molecule has 0 aliphatic carbocycles. The van der Waals surface area contributed by atoms with Crippen molar-refractivity contribution >= 4 is 34.6 Å². The Balaban J connectivity index is 2.44. The van der Waals surface area contributed by atoms with E-state index >= 15 is 0 Å². The van der Waals surface area contributed by atoms with Gasteiger partial charge in [-0.1, -0.05) is 11.8 Å². The van der Waals surface area contributed by atoms with Gasteiger partial charge in [0, 0.05) is 24.1 Å². The average molecular weight is 344 g/mol. The van der Waals surface area contributed by atoms with Crippen molar-refractivity contribution in [2.75, 3.05) is 31.4 Å². The molecule has 2 rings (SSSR count). The van der Waals surface area contributed by atoms with Crippen molar-refractivity contribution in [3.63, 3.8) is 0 Å². The van der Waals surface area contributed by atoms with E-state index in [1.807, 2.05) is 12.5 Å². The molecular weight excluding hydrogens is 324 g/mol. The highest BCUT2D eigenvalue weighted by atomic mass is 32.2. The van der Waals surface area contributed by atoms with Gasteiger partial charge in [-0.05, 0) is 12.5 Å². The molecule has 0 aliphatic heterocycles. The summed E-state index contributed by atoms with van der Waals surface area (Å²) in [5, 5.41) is 23.1.